The average Bonchev–Trinajstić information content (AvgIpc) is 3.08. The molecule has 2 aliphatic carbocycles. The number of carbonyl (C=O) groups excluding carboxylic acids is 3. The van der Waals surface area contributed by atoms with E-state index in [-0.39, 0.29) is 6.61 Å². The Morgan fingerprint density at radius 3 is 2.47 bits per heavy atom. The van der Waals surface area contributed by atoms with Crippen molar-refractivity contribution in [2.45, 2.75) is 37.8 Å². The van der Waals surface area contributed by atoms with E-state index in [1.165, 1.54) is 36.4 Å². The van der Waals surface area contributed by atoms with E-state index < -0.39 is 64.2 Å². The molecule has 190 valence electrons. The molecule has 36 heavy (non-hydrogen) atoms. The van der Waals surface area contributed by atoms with Gasteiger partial charge in [0.15, 0.2) is 0 Å². The predicted octanol–water partition coefficient (Wildman–Crippen LogP) is 3.55. The molecule has 1 aromatic carbocycles. The van der Waals surface area contributed by atoms with Gasteiger partial charge in [0.1, 0.15) is 18.8 Å². The summed E-state index contributed by atoms with van der Waals surface area (Å²) < 4.78 is 64.6. The summed E-state index contributed by atoms with van der Waals surface area (Å²) in [6, 6.07) is 6.50. The molecular formula is C26H23F3O7. The number of halogens is 3. The summed E-state index contributed by atoms with van der Waals surface area (Å²) in [5.41, 5.74) is -5.28. The van der Waals surface area contributed by atoms with Gasteiger partial charge in [0.05, 0.1) is 5.41 Å². The highest BCUT2D eigenvalue weighted by molar-refractivity contribution is 5.88. The number of hydrogen-bond acceptors (Lipinski definition) is 7. The molecule has 0 aromatic heterocycles. The maximum Gasteiger partial charge on any atom is 0.432 e. The summed E-state index contributed by atoms with van der Waals surface area (Å²) in [5, 5.41) is 0. The highest BCUT2D eigenvalue weighted by atomic mass is 19.4. The second-order valence-electron chi connectivity index (χ2n) is 9.70. The van der Waals surface area contributed by atoms with E-state index in [0.29, 0.717) is 11.1 Å². The molecule has 2 heterocycles. The molecule has 1 aromatic rings. The first-order valence-electron chi connectivity index (χ1n) is 11.3. The van der Waals surface area contributed by atoms with Gasteiger partial charge in [0.25, 0.3) is 5.60 Å². The summed E-state index contributed by atoms with van der Waals surface area (Å²) in [7, 11) is 0.790. The lowest BCUT2D eigenvalue weighted by atomic mass is 9.51. The second kappa shape index (κ2) is 7.80. The zero-order valence-electron chi connectivity index (χ0n) is 19.6. The van der Waals surface area contributed by atoms with E-state index in [2.05, 4.69) is 0 Å². The highest BCUT2D eigenvalue weighted by Gasteiger charge is 2.69. The monoisotopic (exact) mass is 504 g/mol. The molecule has 6 atom stereocenters. The van der Waals surface area contributed by atoms with E-state index >= 15 is 0 Å². The molecule has 5 rings (SSSR count). The summed E-state index contributed by atoms with van der Waals surface area (Å²) in [4.78, 5) is 38.5. The molecule has 10 heteroatoms. The third kappa shape index (κ3) is 3.06. The lowest BCUT2D eigenvalue weighted by molar-refractivity contribution is -0.279. The van der Waals surface area contributed by atoms with Crippen molar-refractivity contribution in [2.24, 2.45) is 16.7 Å². The minimum absolute atomic E-state index is 0.100. The number of benzene rings is 1. The Bertz CT molecular complexity index is 1230. The number of fused-ring (bicyclic) bond motifs is 2. The average molecular weight is 504 g/mol. The molecule has 0 radical (unpaired) electrons. The van der Waals surface area contributed by atoms with Crippen LogP contribution < -0.4 is 0 Å². The van der Waals surface area contributed by atoms with Crippen molar-refractivity contribution in [2.75, 3.05) is 13.7 Å². The van der Waals surface area contributed by atoms with E-state index in [4.69, 9.17) is 18.9 Å². The van der Waals surface area contributed by atoms with Gasteiger partial charge in [0.2, 0.25) is 0 Å². The Hall–Kier alpha value is -3.40. The molecule has 0 N–H and O–H groups in total. The van der Waals surface area contributed by atoms with Crippen LogP contribution in [0.1, 0.15) is 19.4 Å². The summed E-state index contributed by atoms with van der Waals surface area (Å²) in [6.07, 6.45) is -1.36. The molecule has 0 saturated carbocycles. The molecule has 1 fully saturated rings. The van der Waals surface area contributed by atoms with Crippen molar-refractivity contribution in [3.63, 3.8) is 0 Å². The van der Waals surface area contributed by atoms with Crippen molar-refractivity contribution < 1.29 is 46.5 Å². The van der Waals surface area contributed by atoms with Gasteiger partial charge in [0, 0.05) is 30.1 Å². The SMILES string of the molecule is CO[C@@](C(=O)O[C@@H]1C=C[C@]2(C)C(=O)O[C@@H]3C=C4COC(=O)C=C4[C@]1(C)[C@@H]32)(c1ccccc1)C(F)(F)F. The van der Waals surface area contributed by atoms with E-state index in [9.17, 15) is 27.6 Å². The lowest BCUT2D eigenvalue weighted by Crippen LogP contribution is -2.58. The second-order valence-corrected chi connectivity index (χ2v) is 9.70. The van der Waals surface area contributed by atoms with E-state index in [1.54, 1.807) is 19.9 Å². The molecule has 0 amide bonds. The zero-order valence-corrected chi connectivity index (χ0v) is 19.6. The molecule has 4 aliphatic rings. The van der Waals surface area contributed by atoms with Crippen molar-refractivity contribution in [3.05, 3.63) is 71.3 Å². The number of esters is 3. The van der Waals surface area contributed by atoms with Gasteiger partial charge >= 0.3 is 24.1 Å². The number of alkyl halides is 3. The highest BCUT2D eigenvalue weighted by Crippen LogP contribution is 2.62. The van der Waals surface area contributed by atoms with Crippen LogP contribution in [0.4, 0.5) is 13.2 Å². The maximum absolute atomic E-state index is 14.5. The lowest BCUT2D eigenvalue weighted by Gasteiger charge is -2.52. The van der Waals surface area contributed by atoms with Crippen LogP contribution in [0.5, 0.6) is 0 Å². The third-order valence-corrected chi connectivity index (χ3v) is 7.84. The first-order valence-corrected chi connectivity index (χ1v) is 11.3. The Kier molecular flexibility index (Phi) is 5.26. The van der Waals surface area contributed by atoms with Gasteiger partial charge in [-0.1, -0.05) is 43.3 Å². The molecular weight excluding hydrogens is 481 g/mol. The van der Waals surface area contributed by atoms with Crippen molar-refractivity contribution in [3.8, 4) is 0 Å². The van der Waals surface area contributed by atoms with Gasteiger partial charge in [-0.2, -0.15) is 13.2 Å². The van der Waals surface area contributed by atoms with Crippen LogP contribution in [0.15, 0.2) is 65.8 Å². The molecule has 0 unspecified atom stereocenters. The fourth-order valence-electron chi connectivity index (χ4n) is 6.10. The minimum Gasteiger partial charge on any atom is -0.458 e. The van der Waals surface area contributed by atoms with Crippen LogP contribution in [-0.4, -0.2) is 50.0 Å². The topological polar surface area (TPSA) is 88.1 Å². The normalized spacial score (nSPS) is 34.3. The van der Waals surface area contributed by atoms with E-state index in [0.717, 1.165) is 19.2 Å². The van der Waals surface area contributed by atoms with Crippen molar-refractivity contribution in [1.82, 2.24) is 0 Å². The van der Waals surface area contributed by atoms with Gasteiger partial charge in [-0.25, -0.2) is 9.59 Å². The maximum atomic E-state index is 14.5. The smallest absolute Gasteiger partial charge is 0.432 e. The number of ether oxygens (including phenoxy) is 4. The third-order valence-electron chi connectivity index (χ3n) is 7.84. The van der Waals surface area contributed by atoms with Crippen LogP contribution in [-0.2, 0) is 38.9 Å². The fourth-order valence-corrected chi connectivity index (χ4v) is 6.10. The van der Waals surface area contributed by atoms with Crippen LogP contribution in [0, 0.1) is 16.7 Å². The van der Waals surface area contributed by atoms with Crippen LogP contribution >= 0.6 is 0 Å². The first kappa shape index (κ1) is 24.3. The standard InChI is InChI=1S/C26H23F3O7/c1-23-10-9-18(36-22(32)25(33-3,26(27,28)29)15-7-5-4-6-8-15)24(2)16-12-19(30)34-13-14(16)11-17(20(23)24)35-21(23)31/h4-12,17-18,20H,13H2,1-3H3/t17-,18-,20+,23+,24+,25-/m1/s1. The van der Waals surface area contributed by atoms with Gasteiger partial charge in [-0.15, -0.1) is 0 Å². The number of carbonyl (C=O) groups is 3. The molecule has 0 spiro atoms. The quantitative estimate of drug-likeness (QED) is 0.352. The number of methoxy groups -OCH3 is 1. The summed E-state index contributed by atoms with van der Waals surface area (Å²) in [5.74, 6) is -3.47. The molecule has 2 aliphatic heterocycles. The number of cyclic esters (lactones) is 1. The fraction of sp³-hybridized carbons (Fsp3) is 0.423. The molecule has 1 saturated heterocycles. The number of hydrogen-bond donors (Lipinski definition) is 0. The van der Waals surface area contributed by atoms with Crippen LogP contribution in [0.2, 0.25) is 0 Å². The Balaban J connectivity index is 1.64. The Labute approximate surface area is 204 Å². The Morgan fingerprint density at radius 2 is 1.83 bits per heavy atom. The van der Waals surface area contributed by atoms with E-state index in [1.807, 2.05) is 0 Å². The van der Waals surface area contributed by atoms with Gasteiger partial charge < -0.3 is 18.9 Å². The molecule has 0 bridgehead atoms. The number of rotatable bonds is 4. The molecule has 7 nitrogen and oxygen atoms in total. The Morgan fingerprint density at radius 1 is 1.14 bits per heavy atom. The first-order chi connectivity index (χ1) is 16.9. The largest absolute Gasteiger partial charge is 0.458 e. The van der Waals surface area contributed by atoms with Gasteiger partial charge in [-0.3, -0.25) is 4.79 Å². The van der Waals surface area contributed by atoms with Gasteiger partial charge in [-0.05, 0) is 30.2 Å². The predicted molar refractivity (Wildman–Crippen MR) is 117 cm³/mol. The van der Waals surface area contributed by atoms with Crippen LogP contribution in [0.3, 0.4) is 0 Å². The minimum atomic E-state index is -5.16. The summed E-state index contributed by atoms with van der Waals surface area (Å²) in [6.45, 7) is 3.22. The van der Waals surface area contributed by atoms with Crippen LogP contribution in [0.25, 0.3) is 0 Å². The summed E-state index contributed by atoms with van der Waals surface area (Å²) >= 11 is 0. The zero-order chi connectivity index (χ0) is 26.1. The van der Waals surface area contributed by atoms with Crippen molar-refractivity contribution >= 4 is 17.9 Å². The van der Waals surface area contributed by atoms with Crippen molar-refractivity contribution in [1.29, 1.82) is 0 Å².